The van der Waals surface area contributed by atoms with E-state index >= 15 is 0 Å². The number of hydrogen-bond donors (Lipinski definition) is 0. The predicted octanol–water partition coefficient (Wildman–Crippen LogP) is 4.16. The van der Waals surface area contributed by atoms with Gasteiger partial charge >= 0.3 is 5.97 Å². The second-order valence-corrected chi connectivity index (χ2v) is 5.64. The van der Waals surface area contributed by atoms with E-state index in [4.69, 9.17) is 9.47 Å². The molecular weight excluding hydrogens is 367 g/mol. The maximum absolute atomic E-state index is 13.0. The second kappa shape index (κ2) is 7.37. The first-order chi connectivity index (χ1) is 10.9. The van der Waals surface area contributed by atoms with Gasteiger partial charge in [0.25, 0.3) is 0 Å². The largest absolute Gasteiger partial charge is 0.496 e. The van der Waals surface area contributed by atoms with Gasteiger partial charge in [0.2, 0.25) is 0 Å². The first-order valence-corrected chi connectivity index (χ1v) is 7.51. The van der Waals surface area contributed by atoms with E-state index in [1.807, 2.05) is 0 Å². The van der Waals surface area contributed by atoms with Crippen molar-refractivity contribution in [1.29, 1.82) is 0 Å². The number of benzene rings is 2. The minimum Gasteiger partial charge on any atom is -0.496 e. The van der Waals surface area contributed by atoms with Crippen LogP contribution in [0.25, 0.3) is 0 Å². The SMILES string of the molecule is COc1ccc(C(C)=O)cc1COC(=O)c1ccc(F)cc1Br. The van der Waals surface area contributed by atoms with Crippen molar-refractivity contribution in [3.8, 4) is 5.75 Å². The second-order valence-electron chi connectivity index (χ2n) is 4.78. The highest BCUT2D eigenvalue weighted by Crippen LogP contribution is 2.23. The minimum absolute atomic E-state index is 0.0626. The molecule has 0 radical (unpaired) electrons. The Labute approximate surface area is 141 Å². The lowest BCUT2D eigenvalue weighted by atomic mass is 10.1. The molecule has 2 aromatic rings. The quantitative estimate of drug-likeness (QED) is 0.577. The monoisotopic (exact) mass is 380 g/mol. The maximum atomic E-state index is 13.0. The summed E-state index contributed by atoms with van der Waals surface area (Å²) in [7, 11) is 1.49. The summed E-state index contributed by atoms with van der Waals surface area (Å²) in [5.41, 5.74) is 1.29. The molecule has 0 saturated carbocycles. The summed E-state index contributed by atoms with van der Waals surface area (Å²) in [5.74, 6) is -0.640. The van der Waals surface area contributed by atoms with Crippen molar-refractivity contribution in [3.63, 3.8) is 0 Å². The molecule has 120 valence electrons. The van der Waals surface area contributed by atoms with Gasteiger partial charge < -0.3 is 9.47 Å². The van der Waals surface area contributed by atoms with Crippen LogP contribution in [0, 0.1) is 5.82 Å². The average Bonchev–Trinajstić information content (AvgIpc) is 2.52. The lowest BCUT2D eigenvalue weighted by molar-refractivity contribution is 0.0469. The number of rotatable bonds is 5. The number of methoxy groups -OCH3 is 1. The van der Waals surface area contributed by atoms with Crippen LogP contribution in [0.1, 0.15) is 33.2 Å². The van der Waals surface area contributed by atoms with Gasteiger partial charge in [-0.3, -0.25) is 4.79 Å². The Hall–Kier alpha value is -2.21. The zero-order valence-corrected chi connectivity index (χ0v) is 14.1. The fourth-order valence-electron chi connectivity index (χ4n) is 1.99. The molecule has 0 unspecified atom stereocenters. The summed E-state index contributed by atoms with van der Waals surface area (Å²) in [6.45, 7) is 1.39. The van der Waals surface area contributed by atoms with E-state index in [-0.39, 0.29) is 18.0 Å². The van der Waals surface area contributed by atoms with Crippen molar-refractivity contribution in [1.82, 2.24) is 0 Å². The van der Waals surface area contributed by atoms with Crippen LogP contribution in [-0.2, 0) is 11.3 Å². The summed E-state index contributed by atoms with van der Waals surface area (Å²) < 4.78 is 23.8. The van der Waals surface area contributed by atoms with E-state index in [1.165, 1.54) is 32.2 Å². The highest BCUT2D eigenvalue weighted by Gasteiger charge is 2.14. The fraction of sp³-hybridized carbons (Fsp3) is 0.176. The highest BCUT2D eigenvalue weighted by atomic mass is 79.9. The first kappa shape index (κ1) is 17.1. The molecule has 23 heavy (non-hydrogen) atoms. The number of carbonyl (C=O) groups excluding carboxylic acids is 2. The summed E-state index contributed by atoms with van der Waals surface area (Å²) in [6.07, 6.45) is 0. The molecule has 0 spiro atoms. The molecule has 0 aromatic heterocycles. The Balaban J connectivity index is 2.18. The lowest BCUT2D eigenvalue weighted by Crippen LogP contribution is -2.08. The average molecular weight is 381 g/mol. The molecule has 0 aliphatic heterocycles. The molecule has 0 amide bonds. The molecule has 0 aliphatic carbocycles. The Morgan fingerprint density at radius 3 is 2.52 bits per heavy atom. The number of ether oxygens (including phenoxy) is 2. The van der Waals surface area contributed by atoms with E-state index in [1.54, 1.807) is 18.2 Å². The fourth-order valence-corrected chi connectivity index (χ4v) is 2.50. The Morgan fingerprint density at radius 1 is 1.17 bits per heavy atom. The van der Waals surface area contributed by atoms with Gasteiger partial charge in [-0.25, -0.2) is 9.18 Å². The van der Waals surface area contributed by atoms with Crippen molar-refractivity contribution in [2.24, 2.45) is 0 Å². The van der Waals surface area contributed by atoms with E-state index in [0.29, 0.717) is 21.3 Å². The Kier molecular flexibility index (Phi) is 5.50. The van der Waals surface area contributed by atoms with Crippen molar-refractivity contribution < 1.29 is 23.5 Å². The molecule has 2 rings (SSSR count). The summed E-state index contributed by atoms with van der Waals surface area (Å²) >= 11 is 3.12. The molecule has 0 saturated heterocycles. The Morgan fingerprint density at radius 2 is 1.91 bits per heavy atom. The van der Waals surface area contributed by atoms with Crippen molar-refractivity contribution >= 4 is 27.7 Å². The third-order valence-corrected chi connectivity index (χ3v) is 3.85. The van der Waals surface area contributed by atoms with Crippen LogP contribution in [0.3, 0.4) is 0 Å². The van der Waals surface area contributed by atoms with Gasteiger partial charge in [0.15, 0.2) is 5.78 Å². The van der Waals surface area contributed by atoms with Gasteiger partial charge in [0.1, 0.15) is 18.2 Å². The van der Waals surface area contributed by atoms with Crippen molar-refractivity contribution in [2.75, 3.05) is 7.11 Å². The molecule has 4 nitrogen and oxygen atoms in total. The number of esters is 1. The van der Waals surface area contributed by atoms with Crippen molar-refractivity contribution in [2.45, 2.75) is 13.5 Å². The van der Waals surface area contributed by atoms with E-state index in [9.17, 15) is 14.0 Å². The van der Waals surface area contributed by atoms with Crippen LogP contribution in [0.2, 0.25) is 0 Å². The Bertz CT molecular complexity index is 758. The summed E-state index contributed by atoms with van der Waals surface area (Å²) in [4.78, 5) is 23.5. The van der Waals surface area contributed by atoms with Crippen molar-refractivity contribution in [3.05, 3.63) is 63.4 Å². The summed E-state index contributed by atoms with van der Waals surface area (Å²) in [5, 5.41) is 0. The van der Waals surface area contributed by atoms with Crippen LogP contribution in [0.4, 0.5) is 4.39 Å². The predicted molar refractivity (Wildman–Crippen MR) is 86.2 cm³/mol. The van der Waals surface area contributed by atoms with Crippen LogP contribution in [0.15, 0.2) is 40.9 Å². The molecule has 0 bridgehead atoms. The van der Waals surface area contributed by atoms with Crippen LogP contribution < -0.4 is 4.74 Å². The third-order valence-electron chi connectivity index (χ3n) is 3.20. The van der Waals surface area contributed by atoms with Gasteiger partial charge in [-0.1, -0.05) is 0 Å². The molecule has 0 fully saturated rings. The molecular formula is C17H14BrFO4. The highest BCUT2D eigenvalue weighted by molar-refractivity contribution is 9.10. The zero-order chi connectivity index (χ0) is 17.0. The number of ketones is 1. The van der Waals surface area contributed by atoms with Gasteiger partial charge in [0.05, 0.1) is 12.7 Å². The number of hydrogen-bond acceptors (Lipinski definition) is 4. The topological polar surface area (TPSA) is 52.6 Å². The number of carbonyl (C=O) groups is 2. The normalized spacial score (nSPS) is 10.3. The van der Waals surface area contributed by atoms with E-state index < -0.39 is 11.8 Å². The van der Waals surface area contributed by atoms with Gasteiger partial charge in [0, 0.05) is 15.6 Å². The van der Waals surface area contributed by atoms with Gasteiger partial charge in [-0.05, 0) is 59.3 Å². The minimum atomic E-state index is -0.604. The molecule has 6 heteroatoms. The van der Waals surface area contributed by atoms with Crippen LogP contribution in [-0.4, -0.2) is 18.9 Å². The molecule has 0 atom stereocenters. The molecule has 0 N–H and O–H groups in total. The van der Waals surface area contributed by atoms with Crippen LogP contribution in [0.5, 0.6) is 5.75 Å². The zero-order valence-electron chi connectivity index (χ0n) is 12.6. The lowest BCUT2D eigenvalue weighted by Gasteiger charge is -2.11. The molecule has 2 aromatic carbocycles. The van der Waals surface area contributed by atoms with E-state index in [2.05, 4.69) is 15.9 Å². The summed E-state index contributed by atoms with van der Waals surface area (Å²) in [6, 6.07) is 8.61. The van der Waals surface area contributed by atoms with E-state index in [0.717, 1.165) is 0 Å². The van der Waals surface area contributed by atoms with Gasteiger partial charge in [-0.15, -0.1) is 0 Å². The first-order valence-electron chi connectivity index (χ1n) is 6.72. The number of halogens is 2. The maximum Gasteiger partial charge on any atom is 0.339 e. The molecule has 0 aliphatic rings. The standard InChI is InChI=1S/C17H14BrFO4/c1-10(20)11-3-6-16(22-2)12(7-11)9-23-17(21)14-5-4-13(19)8-15(14)18/h3-8H,9H2,1-2H3. The smallest absolute Gasteiger partial charge is 0.339 e. The molecule has 0 heterocycles. The third kappa shape index (κ3) is 4.16. The van der Waals surface area contributed by atoms with Gasteiger partial charge in [-0.2, -0.15) is 0 Å². The van der Waals surface area contributed by atoms with Crippen LogP contribution >= 0.6 is 15.9 Å². The number of Topliss-reactive ketones (excluding diaryl/α,β-unsaturated/α-hetero) is 1.